The van der Waals surface area contributed by atoms with Crippen LogP contribution in [0.4, 0.5) is 0 Å². The smallest absolute Gasteiger partial charge is 0.127 e. The van der Waals surface area contributed by atoms with E-state index in [1.54, 1.807) is 14.2 Å². The molecule has 0 saturated heterocycles. The van der Waals surface area contributed by atoms with Gasteiger partial charge in [-0.2, -0.15) is 0 Å². The van der Waals surface area contributed by atoms with Gasteiger partial charge in [0, 0.05) is 6.04 Å². The number of rotatable bonds is 5. The molecule has 0 aliphatic heterocycles. The number of benzene rings is 1. The van der Waals surface area contributed by atoms with E-state index in [0.29, 0.717) is 11.8 Å². The highest BCUT2D eigenvalue weighted by molar-refractivity contribution is 5.47. The summed E-state index contributed by atoms with van der Waals surface area (Å²) >= 11 is 0. The van der Waals surface area contributed by atoms with Crippen molar-refractivity contribution in [2.24, 2.45) is 17.6 Å². The van der Waals surface area contributed by atoms with E-state index in [2.05, 4.69) is 6.92 Å². The van der Waals surface area contributed by atoms with Gasteiger partial charge in [-0.3, -0.25) is 0 Å². The lowest BCUT2D eigenvalue weighted by Crippen LogP contribution is -2.31. The monoisotopic (exact) mass is 277 g/mol. The molecular weight excluding hydrogens is 250 g/mol. The van der Waals surface area contributed by atoms with Crippen molar-refractivity contribution in [3.8, 4) is 11.5 Å². The Morgan fingerprint density at radius 2 is 1.75 bits per heavy atom. The maximum atomic E-state index is 6.63. The molecule has 1 saturated carbocycles. The Hall–Kier alpha value is -1.22. The van der Waals surface area contributed by atoms with E-state index < -0.39 is 0 Å². The molecular formula is C17H27NO2. The van der Waals surface area contributed by atoms with Crippen LogP contribution in [-0.2, 0) is 0 Å². The van der Waals surface area contributed by atoms with E-state index in [0.717, 1.165) is 17.1 Å². The molecule has 3 nitrogen and oxygen atoms in total. The van der Waals surface area contributed by atoms with Crippen LogP contribution in [0.15, 0.2) is 18.2 Å². The molecule has 2 N–H and O–H groups in total. The summed E-state index contributed by atoms with van der Waals surface area (Å²) < 4.78 is 11.0. The van der Waals surface area contributed by atoms with E-state index >= 15 is 0 Å². The minimum absolute atomic E-state index is 0.00801. The molecule has 1 aromatic rings. The molecule has 0 spiro atoms. The summed E-state index contributed by atoms with van der Waals surface area (Å²) in [5.74, 6) is 2.93. The Labute approximate surface area is 122 Å². The molecule has 3 heteroatoms. The van der Waals surface area contributed by atoms with Gasteiger partial charge in [0.25, 0.3) is 0 Å². The molecule has 0 aromatic heterocycles. The highest BCUT2D eigenvalue weighted by atomic mass is 16.5. The maximum absolute atomic E-state index is 6.63. The average Bonchev–Trinajstić information content (AvgIpc) is 2.53. The summed E-state index contributed by atoms with van der Waals surface area (Å²) in [6.07, 6.45) is 6.33. The van der Waals surface area contributed by atoms with Gasteiger partial charge in [-0.1, -0.05) is 38.7 Å². The molecule has 0 heterocycles. The van der Waals surface area contributed by atoms with Crippen molar-refractivity contribution in [3.63, 3.8) is 0 Å². The molecule has 0 radical (unpaired) electrons. The molecule has 3 atom stereocenters. The topological polar surface area (TPSA) is 44.5 Å². The van der Waals surface area contributed by atoms with Gasteiger partial charge in [-0.25, -0.2) is 0 Å². The third-order valence-electron chi connectivity index (χ3n) is 4.75. The number of methoxy groups -OCH3 is 2. The van der Waals surface area contributed by atoms with Crippen molar-refractivity contribution in [3.05, 3.63) is 23.8 Å². The molecule has 1 fully saturated rings. The summed E-state index contributed by atoms with van der Waals surface area (Å²) in [6.45, 7) is 2.27. The largest absolute Gasteiger partial charge is 0.496 e. The second-order valence-electron chi connectivity index (χ2n) is 5.72. The van der Waals surface area contributed by atoms with Crippen molar-refractivity contribution in [2.45, 2.75) is 45.1 Å². The summed E-state index contributed by atoms with van der Waals surface area (Å²) in [5.41, 5.74) is 7.66. The Morgan fingerprint density at radius 1 is 1.15 bits per heavy atom. The first kappa shape index (κ1) is 15.2. The van der Waals surface area contributed by atoms with Crippen molar-refractivity contribution in [1.82, 2.24) is 0 Å². The van der Waals surface area contributed by atoms with Crippen molar-refractivity contribution < 1.29 is 9.47 Å². The molecule has 1 aromatic carbocycles. The zero-order valence-electron chi connectivity index (χ0n) is 12.9. The van der Waals surface area contributed by atoms with Gasteiger partial charge < -0.3 is 15.2 Å². The first-order valence-corrected chi connectivity index (χ1v) is 7.69. The molecule has 1 aliphatic carbocycles. The van der Waals surface area contributed by atoms with Crippen LogP contribution in [0.3, 0.4) is 0 Å². The Morgan fingerprint density at radius 3 is 2.30 bits per heavy atom. The van der Waals surface area contributed by atoms with Crippen LogP contribution in [0, 0.1) is 11.8 Å². The van der Waals surface area contributed by atoms with Gasteiger partial charge in [0.15, 0.2) is 0 Å². The SMILES string of the molecule is CCC1CCCCC1C(N)c1c(OC)cccc1OC. The molecule has 2 rings (SSSR count). The number of ether oxygens (including phenoxy) is 2. The third-order valence-corrected chi connectivity index (χ3v) is 4.75. The predicted molar refractivity (Wildman–Crippen MR) is 82.2 cm³/mol. The maximum Gasteiger partial charge on any atom is 0.127 e. The van der Waals surface area contributed by atoms with E-state index in [9.17, 15) is 0 Å². The number of hydrogen-bond donors (Lipinski definition) is 1. The fourth-order valence-electron chi connectivity index (χ4n) is 3.64. The zero-order valence-corrected chi connectivity index (χ0v) is 12.9. The number of nitrogens with two attached hydrogens (primary N) is 1. The fraction of sp³-hybridized carbons (Fsp3) is 0.647. The molecule has 0 amide bonds. The predicted octanol–water partition coefficient (Wildman–Crippen LogP) is 3.92. The van der Waals surface area contributed by atoms with Gasteiger partial charge in [0.1, 0.15) is 11.5 Å². The standard InChI is InChI=1S/C17H27NO2/c1-4-12-8-5-6-9-13(12)17(18)16-14(19-2)10-7-11-15(16)20-3/h7,10-13,17H,4-6,8-9,18H2,1-3H3. The molecule has 20 heavy (non-hydrogen) atoms. The highest BCUT2D eigenvalue weighted by Crippen LogP contribution is 2.44. The Balaban J connectivity index is 2.33. The zero-order chi connectivity index (χ0) is 14.5. The van der Waals surface area contributed by atoms with Crippen LogP contribution >= 0.6 is 0 Å². The van der Waals surface area contributed by atoms with Gasteiger partial charge >= 0.3 is 0 Å². The van der Waals surface area contributed by atoms with Gasteiger partial charge in [0.05, 0.1) is 19.8 Å². The number of hydrogen-bond acceptors (Lipinski definition) is 3. The fourth-order valence-corrected chi connectivity index (χ4v) is 3.64. The van der Waals surface area contributed by atoms with Gasteiger partial charge in [-0.15, -0.1) is 0 Å². The quantitative estimate of drug-likeness (QED) is 0.887. The van der Waals surface area contributed by atoms with Crippen LogP contribution < -0.4 is 15.2 Å². The van der Waals surface area contributed by atoms with Crippen LogP contribution in [0.2, 0.25) is 0 Å². The van der Waals surface area contributed by atoms with Crippen molar-refractivity contribution in [2.75, 3.05) is 14.2 Å². The summed E-state index contributed by atoms with van der Waals surface area (Å²) in [6, 6.07) is 5.89. The van der Waals surface area contributed by atoms with Crippen molar-refractivity contribution in [1.29, 1.82) is 0 Å². The molecule has 112 valence electrons. The van der Waals surface area contributed by atoms with E-state index in [1.807, 2.05) is 18.2 Å². The van der Waals surface area contributed by atoms with E-state index in [-0.39, 0.29) is 6.04 Å². The average molecular weight is 277 g/mol. The van der Waals surface area contributed by atoms with E-state index in [4.69, 9.17) is 15.2 Å². The normalized spacial score (nSPS) is 24.2. The minimum Gasteiger partial charge on any atom is -0.496 e. The minimum atomic E-state index is -0.00801. The third kappa shape index (κ3) is 2.93. The lowest BCUT2D eigenvalue weighted by Gasteiger charge is -2.36. The Bertz CT molecular complexity index is 411. The van der Waals surface area contributed by atoms with Crippen LogP contribution in [0.25, 0.3) is 0 Å². The van der Waals surface area contributed by atoms with Gasteiger partial charge in [0.2, 0.25) is 0 Å². The second kappa shape index (κ2) is 6.98. The van der Waals surface area contributed by atoms with E-state index in [1.165, 1.54) is 32.1 Å². The summed E-state index contributed by atoms with van der Waals surface area (Å²) in [4.78, 5) is 0. The van der Waals surface area contributed by atoms with Gasteiger partial charge in [-0.05, 0) is 30.4 Å². The van der Waals surface area contributed by atoms with Crippen LogP contribution in [-0.4, -0.2) is 14.2 Å². The molecule has 1 aliphatic rings. The summed E-state index contributed by atoms with van der Waals surface area (Å²) in [7, 11) is 3.40. The molecule has 0 bridgehead atoms. The molecule has 3 unspecified atom stereocenters. The first-order chi connectivity index (χ1) is 9.72. The highest BCUT2D eigenvalue weighted by Gasteiger charge is 2.32. The second-order valence-corrected chi connectivity index (χ2v) is 5.72. The first-order valence-electron chi connectivity index (χ1n) is 7.69. The van der Waals surface area contributed by atoms with Crippen LogP contribution in [0.1, 0.15) is 50.6 Å². The van der Waals surface area contributed by atoms with Crippen molar-refractivity contribution >= 4 is 0 Å². The lowest BCUT2D eigenvalue weighted by molar-refractivity contribution is 0.192. The van der Waals surface area contributed by atoms with Crippen LogP contribution in [0.5, 0.6) is 11.5 Å². The lowest BCUT2D eigenvalue weighted by atomic mass is 9.72. The Kier molecular flexibility index (Phi) is 5.30. The summed E-state index contributed by atoms with van der Waals surface area (Å²) in [5, 5.41) is 0.